The number of nitrogens with one attached hydrogen (secondary N) is 1. The van der Waals surface area contributed by atoms with Gasteiger partial charge in [0.2, 0.25) is 17.7 Å². The fourth-order valence-corrected chi connectivity index (χ4v) is 3.92. The van der Waals surface area contributed by atoms with Crippen LogP contribution in [0.15, 0.2) is 24.3 Å². The summed E-state index contributed by atoms with van der Waals surface area (Å²) >= 11 is 1.17. The summed E-state index contributed by atoms with van der Waals surface area (Å²) in [5.41, 5.74) is 7.06. The number of carbonyl (C=O) groups is 4. The number of imide groups is 2. The van der Waals surface area contributed by atoms with Crippen LogP contribution in [0.5, 0.6) is 0 Å². The van der Waals surface area contributed by atoms with E-state index in [1.807, 2.05) is 43.3 Å². The molecule has 8 nitrogen and oxygen atoms in total. The largest absolute Gasteiger partial charge is 0.378 e. The van der Waals surface area contributed by atoms with Crippen molar-refractivity contribution < 1.29 is 19.2 Å². The Bertz CT molecular complexity index is 705. The van der Waals surface area contributed by atoms with Crippen LogP contribution in [0, 0.1) is 0 Å². The van der Waals surface area contributed by atoms with Crippen LogP contribution < -0.4 is 16.0 Å². The summed E-state index contributed by atoms with van der Waals surface area (Å²) in [4.78, 5) is 49.8. The maximum Gasteiger partial charge on any atom is 0.322 e. The first-order valence-corrected chi connectivity index (χ1v) is 8.50. The van der Waals surface area contributed by atoms with Crippen molar-refractivity contribution in [1.82, 2.24) is 10.2 Å². The van der Waals surface area contributed by atoms with Gasteiger partial charge in [-0.05, 0) is 17.7 Å². The highest BCUT2D eigenvalue weighted by molar-refractivity contribution is 8.01. The first kappa shape index (κ1) is 18.8. The fourth-order valence-electron chi connectivity index (χ4n) is 2.49. The average molecular weight is 364 g/mol. The van der Waals surface area contributed by atoms with Gasteiger partial charge in [-0.25, -0.2) is 9.69 Å². The number of thioether (sulfide) groups is 1. The minimum absolute atomic E-state index is 0.195. The molecular weight excluding hydrogens is 344 g/mol. The zero-order chi connectivity index (χ0) is 18.7. The fraction of sp³-hybridized carbons (Fsp3) is 0.375. The molecule has 1 fully saturated rings. The number of nitrogens with zero attached hydrogens (tertiary/aromatic N) is 2. The third-order valence-corrected chi connectivity index (χ3v) is 5.10. The Hall–Kier alpha value is -2.55. The van der Waals surface area contributed by atoms with E-state index in [1.54, 1.807) is 0 Å². The van der Waals surface area contributed by atoms with E-state index in [9.17, 15) is 19.2 Å². The molecule has 0 aromatic heterocycles. The summed E-state index contributed by atoms with van der Waals surface area (Å²) in [5, 5.41) is 0.752. The predicted octanol–water partition coefficient (Wildman–Crippen LogP) is 0.827. The lowest BCUT2D eigenvalue weighted by atomic mass is 10.1. The number of urea groups is 1. The quantitative estimate of drug-likeness (QED) is 0.818. The molecule has 0 radical (unpaired) electrons. The first-order chi connectivity index (χ1) is 11.7. The smallest absolute Gasteiger partial charge is 0.322 e. The van der Waals surface area contributed by atoms with E-state index in [4.69, 9.17) is 5.73 Å². The van der Waals surface area contributed by atoms with Crippen molar-refractivity contribution in [2.24, 2.45) is 5.73 Å². The van der Waals surface area contributed by atoms with E-state index in [0.29, 0.717) is 0 Å². The van der Waals surface area contributed by atoms with Crippen molar-refractivity contribution in [3.63, 3.8) is 0 Å². The summed E-state index contributed by atoms with van der Waals surface area (Å²) in [6.07, 6.45) is -0.195. The summed E-state index contributed by atoms with van der Waals surface area (Å²) in [5.74, 6) is -1.59. The molecule has 2 rings (SSSR count). The number of rotatable bonds is 4. The Morgan fingerprint density at radius 3 is 2.32 bits per heavy atom. The van der Waals surface area contributed by atoms with Gasteiger partial charge < -0.3 is 10.6 Å². The molecule has 1 heterocycles. The Balaban J connectivity index is 2.21. The molecule has 0 aliphatic carbocycles. The van der Waals surface area contributed by atoms with Crippen molar-refractivity contribution in [3.05, 3.63) is 29.8 Å². The minimum atomic E-state index is -0.867. The molecule has 2 atom stereocenters. The van der Waals surface area contributed by atoms with Gasteiger partial charge in [0.15, 0.2) is 0 Å². The zero-order valence-electron chi connectivity index (χ0n) is 14.2. The van der Waals surface area contributed by atoms with E-state index >= 15 is 0 Å². The Morgan fingerprint density at radius 1 is 1.24 bits per heavy atom. The topological polar surface area (TPSA) is 113 Å². The summed E-state index contributed by atoms with van der Waals surface area (Å²) in [6, 6.07) is 6.50. The zero-order valence-corrected chi connectivity index (χ0v) is 15.0. The Kier molecular flexibility index (Phi) is 5.68. The van der Waals surface area contributed by atoms with Gasteiger partial charge in [-0.1, -0.05) is 12.1 Å². The van der Waals surface area contributed by atoms with Crippen molar-refractivity contribution in [1.29, 1.82) is 0 Å². The SMILES string of the molecule is CC(=O)NC(=O)CC1SC(c2ccc(N(C)C)cc2)N(C(N)=O)C1=O. The normalized spacial score (nSPS) is 19.6. The molecule has 1 aromatic carbocycles. The van der Waals surface area contributed by atoms with Crippen molar-refractivity contribution >= 4 is 41.2 Å². The number of hydrogen-bond donors (Lipinski definition) is 2. The third-order valence-electron chi connectivity index (χ3n) is 3.66. The van der Waals surface area contributed by atoms with Crippen LogP contribution in [-0.4, -0.2) is 48.0 Å². The molecule has 3 N–H and O–H groups in total. The van der Waals surface area contributed by atoms with Crippen molar-refractivity contribution in [2.45, 2.75) is 24.0 Å². The van der Waals surface area contributed by atoms with Crippen LogP contribution in [0.2, 0.25) is 0 Å². The highest BCUT2D eigenvalue weighted by Gasteiger charge is 2.44. The van der Waals surface area contributed by atoms with Crippen molar-refractivity contribution in [2.75, 3.05) is 19.0 Å². The van der Waals surface area contributed by atoms with Gasteiger partial charge in [-0.3, -0.25) is 19.7 Å². The van der Waals surface area contributed by atoms with E-state index in [-0.39, 0.29) is 6.42 Å². The monoisotopic (exact) mass is 364 g/mol. The number of amides is 5. The van der Waals surface area contributed by atoms with Crippen molar-refractivity contribution in [3.8, 4) is 0 Å². The molecule has 134 valence electrons. The van der Waals surface area contributed by atoms with E-state index in [1.165, 1.54) is 18.7 Å². The lowest BCUT2D eigenvalue weighted by molar-refractivity contribution is -0.132. The highest BCUT2D eigenvalue weighted by atomic mass is 32.2. The maximum atomic E-state index is 12.5. The standard InChI is InChI=1S/C16H20N4O4S/c1-9(21)18-13(22)8-12-14(23)20(16(17)24)15(25-12)10-4-6-11(7-5-10)19(2)3/h4-7,12,15H,8H2,1-3H3,(H2,17,24)(H,18,21,22). The van der Waals surface area contributed by atoms with Crippen LogP contribution >= 0.6 is 11.8 Å². The van der Waals surface area contributed by atoms with E-state index < -0.39 is 34.4 Å². The minimum Gasteiger partial charge on any atom is -0.378 e. The van der Waals surface area contributed by atoms with Crippen LogP contribution in [0.4, 0.5) is 10.5 Å². The molecule has 0 bridgehead atoms. The number of benzene rings is 1. The predicted molar refractivity (Wildman–Crippen MR) is 94.8 cm³/mol. The first-order valence-electron chi connectivity index (χ1n) is 7.56. The molecule has 2 unspecified atom stereocenters. The van der Waals surface area contributed by atoms with Crippen LogP contribution in [0.3, 0.4) is 0 Å². The molecule has 1 saturated heterocycles. The molecule has 5 amide bonds. The molecule has 9 heteroatoms. The molecule has 25 heavy (non-hydrogen) atoms. The van der Waals surface area contributed by atoms with Gasteiger partial charge in [0.25, 0.3) is 0 Å². The van der Waals surface area contributed by atoms with Gasteiger partial charge in [0.1, 0.15) is 5.37 Å². The molecule has 0 saturated carbocycles. The molecule has 1 aliphatic rings. The van der Waals surface area contributed by atoms with Crippen LogP contribution in [0.1, 0.15) is 24.3 Å². The van der Waals surface area contributed by atoms with Gasteiger partial charge in [-0.2, -0.15) is 0 Å². The third kappa shape index (κ3) is 4.30. The second kappa shape index (κ2) is 7.56. The number of carbonyl (C=O) groups excluding carboxylic acids is 4. The Labute approximate surface area is 149 Å². The summed E-state index contributed by atoms with van der Waals surface area (Å²) in [7, 11) is 3.81. The highest BCUT2D eigenvalue weighted by Crippen LogP contribution is 2.44. The summed E-state index contributed by atoms with van der Waals surface area (Å²) in [6.45, 7) is 1.21. The second-order valence-electron chi connectivity index (χ2n) is 5.82. The summed E-state index contributed by atoms with van der Waals surface area (Å²) < 4.78 is 0. The number of hydrogen-bond acceptors (Lipinski definition) is 6. The number of anilines is 1. The lowest BCUT2D eigenvalue weighted by Gasteiger charge is -2.21. The van der Waals surface area contributed by atoms with Gasteiger partial charge in [0.05, 0.1) is 5.25 Å². The lowest BCUT2D eigenvalue weighted by Crippen LogP contribution is -2.41. The van der Waals surface area contributed by atoms with Crippen LogP contribution in [0.25, 0.3) is 0 Å². The molecule has 0 spiro atoms. The van der Waals surface area contributed by atoms with E-state index in [0.717, 1.165) is 16.2 Å². The van der Waals surface area contributed by atoms with Gasteiger partial charge >= 0.3 is 6.03 Å². The van der Waals surface area contributed by atoms with Gasteiger partial charge in [-0.15, -0.1) is 11.8 Å². The molecule has 1 aromatic rings. The Morgan fingerprint density at radius 2 is 1.84 bits per heavy atom. The molecule has 1 aliphatic heterocycles. The second-order valence-corrected chi connectivity index (χ2v) is 7.11. The number of primary amides is 1. The maximum absolute atomic E-state index is 12.5. The van der Waals surface area contributed by atoms with Crippen LogP contribution in [-0.2, 0) is 14.4 Å². The van der Waals surface area contributed by atoms with E-state index in [2.05, 4.69) is 5.32 Å². The number of nitrogens with two attached hydrogens (primary N) is 1. The van der Waals surface area contributed by atoms with Gasteiger partial charge in [0, 0.05) is 33.1 Å². The molecular formula is C16H20N4O4S. The average Bonchev–Trinajstić information content (AvgIpc) is 2.83.